The highest BCUT2D eigenvalue weighted by Gasteiger charge is 2.15. The number of anilines is 1. The number of ketones is 1. The Hall–Kier alpha value is -3.18. The van der Waals surface area contributed by atoms with Crippen molar-refractivity contribution in [3.63, 3.8) is 0 Å². The number of carbonyl (C=O) groups is 1. The molecule has 0 aliphatic heterocycles. The monoisotopic (exact) mass is 446 g/mol. The predicted octanol–water partition coefficient (Wildman–Crippen LogP) is 5.97. The standard InChI is InChI=1S/C27H30N2O2S/c1-19(18-31-24-11-6-5-7-12-24)28-26(32)29-23-10-8-9-21(17-23)25(30)20-13-15-22(16-14-20)27(2,3)4/h5-17,19H,18H2,1-4H3,(H2,28,29,32)/t19-/m0/s1. The fourth-order valence-electron chi connectivity index (χ4n) is 3.20. The smallest absolute Gasteiger partial charge is 0.193 e. The number of carbonyl (C=O) groups excluding carboxylic acids is 1. The van der Waals surface area contributed by atoms with Crippen LogP contribution in [0.4, 0.5) is 5.69 Å². The Morgan fingerprint density at radius 2 is 1.62 bits per heavy atom. The third-order valence-corrected chi connectivity index (χ3v) is 5.24. The van der Waals surface area contributed by atoms with E-state index in [1.165, 1.54) is 5.56 Å². The first kappa shape index (κ1) is 23.5. The van der Waals surface area contributed by atoms with Gasteiger partial charge in [-0.1, -0.05) is 75.4 Å². The number of benzene rings is 3. The quantitative estimate of drug-likeness (QED) is 0.346. The maximum absolute atomic E-state index is 13.0. The molecule has 166 valence electrons. The highest BCUT2D eigenvalue weighted by molar-refractivity contribution is 7.80. The van der Waals surface area contributed by atoms with Gasteiger partial charge in [-0.05, 0) is 54.4 Å². The molecule has 0 saturated carbocycles. The number of rotatable bonds is 7. The van der Waals surface area contributed by atoms with Crippen molar-refractivity contribution >= 4 is 28.8 Å². The van der Waals surface area contributed by atoms with Gasteiger partial charge in [-0.2, -0.15) is 0 Å². The van der Waals surface area contributed by atoms with E-state index in [4.69, 9.17) is 17.0 Å². The summed E-state index contributed by atoms with van der Waals surface area (Å²) < 4.78 is 5.75. The van der Waals surface area contributed by atoms with Crippen molar-refractivity contribution in [3.05, 3.63) is 95.6 Å². The minimum Gasteiger partial charge on any atom is -0.491 e. The fraction of sp³-hybridized carbons (Fsp3) is 0.259. The Kier molecular flexibility index (Phi) is 7.65. The number of para-hydroxylation sites is 1. The van der Waals surface area contributed by atoms with Crippen molar-refractivity contribution in [2.45, 2.75) is 39.2 Å². The van der Waals surface area contributed by atoms with Gasteiger partial charge < -0.3 is 15.4 Å². The van der Waals surface area contributed by atoms with Gasteiger partial charge in [0.15, 0.2) is 10.9 Å². The fourth-order valence-corrected chi connectivity index (χ4v) is 3.52. The first-order valence-electron chi connectivity index (χ1n) is 10.7. The molecule has 0 spiro atoms. The zero-order chi connectivity index (χ0) is 23.1. The molecule has 3 aromatic rings. The van der Waals surface area contributed by atoms with Gasteiger partial charge in [0.25, 0.3) is 0 Å². The van der Waals surface area contributed by atoms with Crippen LogP contribution in [0.25, 0.3) is 0 Å². The molecule has 0 radical (unpaired) electrons. The van der Waals surface area contributed by atoms with Crippen LogP contribution in [0.2, 0.25) is 0 Å². The Morgan fingerprint density at radius 1 is 0.938 bits per heavy atom. The number of ether oxygens (including phenoxy) is 1. The van der Waals surface area contributed by atoms with Crippen molar-refractivity contribution in [1.82, 2.24) is 5.32 Å². The average Bonchev–Trinajstić information content (AvgIpc) is 2.77. The topological polar surface area (TPSA) is 50.4 Å². The minimum atomic E-state index is -0.0161. The third kappa shape index (κ3) is 6.66. The highest BCUT2D eigenvalue weighted by Crippen LogP contribution is 2.23. The normalized spacial score (nSPS) is 12.0. The van der Waals surface area contributed by atoms with Crippen molar-refractivity contribution in [3.8, 4) is 5.75 Å². The van der Waals surface area contributed by atoms with Gasteiger partial charge in [0.1, 0.15) is 12.4 Å². The van der Waals surface area contributed by atoms with Crippen molar-refractivity contribution < 1.29 is 9.53 Å². The second-order valence-electron chi connectivity index (χ2n) is 8.86. The number of thiocarbonyl (C=S) groups is 1. The lowest BCUT2D eigenvalue weighted by molar-refractivity contribution is 0.103. The molecule has 0 aliphatic carbocycles. The third-order valence-electron chi connectivity index (χ3n) is 5.02. The maximum Gasteiger partial charge on any atom is 0.193 e. The average molecular weight is 447 g/mol. The second kappa shape index (κ2) is 10.4. The van der Waals surface area contributed by atoms with E-state index in [1.807, 2.05) is 85.8 Å². The molecule has 1 atom stereocenters. The summed E-state index contributed by atoms with van der Waals surface area (Å²) in [6.45, 7) is 8.95. The summed E-state index contributed by atoms with van der Waals surface area (Å²) in [5.74, 6) is 0.805. The van der Waals surface area contributed by atoms with E-state index in [0.717, 1.165) is 11.4 Å². The van der Waals surface area contributed by atoms with Crippen LogP contribution in [0, 0.1) is 0 Å². The first-order chi connectivity index (χ1) is 15.2. The summed E-state index contributed by atoms with van der Waals surface area (Å²) in [5, 5.41) is 6.85. The van der Waals surface area contributed by atoms with Gasteiger partial charge in [-0.25, -0.2) is 0 Å². The molecule has 0 amide bonds. The van der Waals surface area contributed by atoms with E-state index in [-0.39, 0.29) is 17.2 Å². The molecule has 4 nitrogen and oxygen atoms in total. The van der Waals surface area contributed by atoms with Crippen LogP contribution >= 0.6 is 12.2 Å². The summed E-state index contributed by atoms with van der Waals surface area (Å²) in [6.07, 6.45) is 0. The van der Waals surface area contributed by atoms with E-state index >= 15 is 0 Å². The molecular weight excluding hydrogens is 416 g/mol. The highest BCUT2D eigenvalue weighted by atomic mass is 32.1. The molecular formula is C27H30N2O2S. The summed E-state index contributed by atoms with van der Waals surface area (Å²) >= 11 is 5.43. The lowest BCUT2D eigenvalue weighted by Crippen LogP contribution is -2.39. The van der Waals surface area contributed by atoms with Crippen LogP contribution in [-0.2, 0) is 5.41 Å². The molecule has 5 heteroatoms. The Morgan fingerprint density at radius 3 is 2.28 bits per heavy atom. The van der Waals surface area contributed by atoms with E-state index in [2.05, 4.69) is 31.4 Å². The van der Waals surface area contributed by atoms with Gasteiger partial charge >= 0.3 is 0 Å². The van der Waals surface area contributed by atoms with Crippen LogP contribution in [0.5, 0.6) is 5.75 Å². The number of hydrogen-bond donors (Lipinski definition) is 2. The number of nitrogens with one attached hydrogen (secondary N) is 2. The zero-order valence-electron chi connectivity index (χ0n) is 19.0. The summed E-state index contributed by atoms with van der Waals surface area (Å²) in [7, 11) is 0. The molecule has 0 unspecified atom stereocenters. The molecule has 0 aromatic heterocycles. The van der Waals surface area contributed by atoms with E-state index in [1.54, 1.807) is 0 Å². The first-order valence-corrected chi connectivity index (χ1v) is 11.1. The second-order valence-corrected chi connectivity index (χ2v) is 9.27. The number of hydrogen-bond acceptors (Lipinski definition) is 3. The van der Waals surface area contributed by atoms with E-state index < -0.39 is 0 Å². The van der Waals surface area contributed by atoms with Gasteiger partial charge in [0, 0.05) is 16.8 Å². The summed E-state index contributed by atoms with van der Waals surface area (Å²) in [5.41, 5.74) is 3.29. The van der Waals surface area contributed by atoms with Crippen molar-refractivity contribution in [2.75, 3.05) is 11.9 Å². The maximum atomic E-state index is 13.0. The molecule has 2 N–H and O–H groups in total. The predicted molar refractivity (Wildman–Crippen MR) is 136 cm³/mol. The molecule has 3 aromatic carbocycles. The molecule has 32 heavy (non-hydrogen) atoms. The van der Waals surface area contributed by atoms with Gasteiger partial charge in [-0.3, -0.25) is 4.79 Å². The van der Waals surface area contributed by atoms with Gasteiger partial charge in [0.05, 0.1) is 6.04 Å². The van der Waals surface area contributed by atoms with Crippen LogP contribution < -0.4 is 15.4 Å². The van der Waals surface area contributed by atoms with E-state index in [9.17, 15) is 4.79 Å². The summed E-state index contributed by atoms with van der Waals surface area (Å²) in [4.78, 5) is 13.0. The zero-order valence-corrected chi connectivity index (χ0v) is 19.8. The Labute approximate surface area is 196 Å². The summed E-state index contributed by atoms with van der Waals surface area (Å²) in [6, 6.07) is 24.9. The molecule has 0 bridgehead atoms. The molecule has 0 aliphatic rings. The van der Waals surface area contributed by atoms with Crippen molar-refractivity contribution in [1.29, 1.82) is 0 Å². The van der Waals surface area contributed by atoms with Gasteiger partial charge in [0.2, 0.25) is 0 Å². The Bertz CT molecular complexity index is 1060. The largest absolute Gasteiger partial charge is 0.491 e. The Balaban J connectivity index is 1.58. The van der Waals surface area contributed by atoms with Crippen LogP contribution in [0.3, 0.4) is 0 Å². The molecule has 0 heterocycles. The lowest BCUT2D eigenvalue weighted by Gasteiger charge is -2.19. The SMILES string of the molecule is C[C@@H](COc1ccccc1)NC(=S)Nc1cccc(C(=O)c2ccc(C(C)(C)C)cc2)c1. The van der Waals surface area contributed by atoms with Gasteiger partial charge in [-0.15, -0.1) is 0 Å². The van der Waals surface area contributed by atoms with E-state index in [0.29, 0.717) is 22.8 Å². The lowest BCUT2D eigenvalue weighted by atomic mass is 9.86. The van der Waals surface area contributed by atoms with Crippen molar-refractivity contribution in [2.24, 2.45) is 0 Å². The molecule has 3 rings (SSSR count). The molecule has 0 fully saturated rings. The minimum absolute atomic E-state index is 0.0151. The van der Waals surface area contributed by atoms with Crippen LogP contribution in [0.1, 0.15) is 49.2 Å². The van der Waals surface area contributed by atoms with Crippen LogP contribution in [-0.4, -0.2) is 23.5 Å². The molecule has 0 saturated heterocycles. The van der Waals surface area contributed by atoms with Crippen LogP contribution in [0.15, 0.2) is 78.9 Å².